The minimum atomic E-state index is -1.35. The third-order valence-corrected chi connectivity index (χ3v) is 6.68. The van der Waals surface area contributed by atoms with E-state index in [2.05, 4.69) is 10.4 Å². The van der Waals surface area contributed by atoms with Crippen LogP contribution in [-0.4, -0.2) is 52.9 Å². The van der Waals surface area contributed by atoms with E-state index in [-0.39, 0.29) is 36.5 Å². The zero-order valence-corrected chi connectivity index (χ0v) is 20.4. The van der Waals surface area contributed by atoms with Crippen LogP contribution in [0.4, 0.5) is 5.69 Å². The largest absolute Gasteiger partial charge is 0.495 e. The van der Waals surface area contributed by atoms with Crippen molar-refractivity contribution in [3.63, 3.8) is 0 Å². The second-order valence-corrected chi connectivity index (χ2v) is 9.27. The Bertz CT molecular complexity index is 1110. The lowest BCUT2D eigenvalue weighted by molar-refractivity contribution is -0.127. The number of halogens is 1. The quantitative estimate of drug-likeness (QED) is 0.623. The molecule has 0 unspecified atom stereocenters. The Balaban J connectivity index is 1.80. The van der Waals surface area contributed by atoms with E-state index in [9.17, 15) is 14.4 Å². The van der Waals surface area contributed by atoms with Crippen LogP contribution in [0.15, 0.2) is 24.3 Å². The number of hydrogen-bond donors (Lipinski definition) is 1. The van der Waals surface area contributed by atoms with E-state index in [0.717, 1.165) is 32.1 Å². The molecule has 0 spiro atoms. The first-order valence-electron chi connectivity index (χ1n) is 11.5. The number of fused-ring (bicyclic) bond motifs is 1. The van der Waals surface area contributed by atoms with E-state index in [1.165, 1.54) is 22.8 Å². The van der Waals surface area contributed by atoms with Gasteiger partial charge in [0.1, 0.15) is 17.0 Å². The molecule has 1 N–H and O–H groups in total. The Labute approximate surface area is 203 Å². The van der Waals surface area contributed by atoms with Crippen molar-refractivity contribution in [1.82, 2.24) is 15.1 Å². The molecule has 1 saturated carbocycles. The van der Waals surface area contributed by atoms with Crippen LogP contribution < -0.4 is 15.0 Å². The molecule has 1 fully saturated rings. The Morgan fingerprint density at radius 3 is 2.65 bits per heavy atom. The lowest BCUT2D eigenvalue weighted by atomic mass is 9.91. The zero-order chi connectivity index (χ0) is 24.5. The summed E-state index contributed by atoms with van der Waals surface area (Å²) >= 11 is 6.28. The summed E-state index contributed by atoms with van der Waals surface area (Å²) in [6.07, 6.45) is 5.06. The minimum Gasteiger partial charge on any atom is -0.495 e. The van der Waals surface area contributed by atoms with Crippen LogP contribution in [0.25, 0.3) is 0 Å². The van der Waals surface area contributed by atoms with Crippen LogP contribution in [-0.2, 0) is 16.1 Å². The molecule has 4 rings (SSSR count). The van der Waals surface area contributed by atoms with E-state index in [1.54, 1.807) is 32.0 Å². The van der Waals surface area contributed by atoms with E-state index in [4.69, 9.17) is 21.1 Å². The van der Waals surface area contributed by atoms with Gasteiger partial charge in [-0.2, -0.15) is 5.10 Å². The number of carbonyl (C=O) groups excluding carboxylic acids is 3. The highest BCUT2D eigenvalue weighted by molar-refractivity contribution is 6.31. The smallest absolute Gasteiger partial charge is 0.358 e. The molecular formula is C24H29ClN4O5. The summed E-state index contributed by atoms with van der Waals surface area (Å²) < 4.78 is 12.0. The molecule has 182 valence electrons. The van der Waals surface area contributed by atoms with Gasteiger partial charge in [0.05, 0.1) is 25.9 Å². The van der Waals surface area contributed by atoms with Crippen LogP contribution in [0.5, 0.6) is 5.75 Å². The number of nitrogens with zero attached hydrogens (tertiary/aromatic N) is 3. The van der Waals surface area contributed by atoms with Crippen molar-refractivity contribution in [2.24, 2.45) is 0 Å². The molecule has 1 aromatic heterocycles. The highest BCUT2D eigenvalue weighted by Crippen LogP contribution is 2.40. The standard InChI is InChI=1S/C24H29ClN4O5/c1-4-34-22(31)17-13-19-21(30)29(18-12-15(25)10-11-20(18)33-3)24(2,14-28(19)27-17)23(32)26-16-8-6-5-7-9-16/h10-13,16H,4-9,14H2,1-3H3,(H,26,32)/t24-/m1/s1. The van der Waals surface area contributed by atoms with Gasteiger partial charge >= 0.3 is 5.97 Å². The predicted molar refractivity (Wildman–Crippen MR) is 126 cm³/mol. The van der Waals surface area contributed by atoms with E-state index >= 15 is 0 Å². The Kier molecular flexibility index (Phi) is 6.84. The molecule has 1 aliphatic heterocycles. The van der Waals surface area contributed by atoms with Gasteiger partial charge in [0, 0.05) is 17.1 Å². The Morgan fingerprint density at radius 2 is 1.97 bits per heavy atom. The monoisotopic (exact) mass is 488 g/mol. The summed E-state index contributed by atoms with van der Waals surface area (Å²) in [5.41, 5.74) is -0.795. The number of nitrogens with one attached hydrogen (secondary N) is 1. The minimum absolute atomic E-state index is 0.0140. The average Bonchev–Trinajstić information content (AvgIpc) is 3.24. The number of benzene rings is 1. The van der Waals surface area contributed by atoms with Gasteiger partial charge in [-0.15, -0.1) is 0 Å². The van der Waals surface area contributed by atoms with Crippen molar-refractivity contribution in [3.8, 4) is 5.75 Å². The van der Waals surface area contributed by atoms with Crippen LogP contribution in [0.3, 0.4) is 0 Å². The highest BCUT2D eigenvalue weighted by atomic mass is 35.5. The summed E-state index contributed by atoms with van der Waals surface area (Å²) in [4.78, 5) is 41.3. The molecule has 2 aliphatic rings. The molecule has 34 heavy (non-hydrogen) atoms. The van der Waals surface area contributed by atoms with Gasteiger partial charge in [-0.3, -0.25) is 19.2 Å². The first-order valence-corrected chi connectivity index (χ1v) is 11.9. The number of aromatic nitrogens is 2. The van der Waals surface area contributed by atoms with E-state index in [1.807, 2.05) is 0 Å². The van der Waals surface area contributed by atoms with Gasteiger partial charge in [-0.25, -0.2) is 4.79 Å². The molecule has 10 heteroatoms. The normalized spacial score (nSPS) is 20.6. The van der Waals surface area contributed by atoms with Crippen molar-refractivity contribution < 1.29 is 23.9 Å². The van der Waals surface area contributed by atoms with Crippen LogP contribution in [0.2, 0.25) is 5.02 Å². The average molecular weight is 489 g/mol. The maximum absolute atomic E-state index is 13.8. The van der Waals surface area contributed by atoms with Crippen molar-refractivity contribution >= 4 is 35.1 Å². The van der Waals surface area contributed by atoms with Crippen molar-refractivity contribution in [3.05, 3.63) is 40.7 Å². The zero-order valence-electron chi connectivity index (χ0n) is 19.6. The third-order valence-electron chi connectivity index (χ3n) is 6.45. The van der Waals surface area contributed by atoms with Crippen molar-refractivity contribution in [2.45, 2.75) is 64.1 Å². The number of esters is 1. The summed E-state index contributed by atoms with van der Waals surface area (Å²) in [5, 5.41) is 7.83. The molecule has 0 radical (unpaired) electrons. The molecule has 0 saturated heterocycles. The Hall–Kier alpha value is -3.07. The molecular weight excluding hydrogens is 460 g/mol. The summed E-state index contributed by atoms with van der Waals surface area (Å²) in [7, 11) is 1.49. The molecule has 0 bridgehead atoms. The second-order valence-electron chi connectivity index (χ2n) is 8.83. The Morgan fingerprint density at radius 1 is 1.24 bits per heavy atom. The van der Waals surface area contributed by atoms with Crippen LogP contribution in [0, 0.1) is 0 Å². The second kappa shape index (κ2) is 9.66. The number of ether oxygens (including phenoxy) is 2. The fraction of sp³-hybridized carbons (Fsp3) is 0.500. The number of hydrogen-bond acceptors (Lipinski definition) is 6. The van der Waals surface area contributed by atoms with Gasteiger partial charge in [0.25, 0.3) is 5.91 Å². The summed E-state index contributed by atoms with van der Waals surface area (Å²) in [6, 6.07) is 6.35. The lowest BCUT2D eigenvalue weighted by Crippen LogP contribution is -2.65. The van der Waals surface area contributed by atoms with E-state index < -0.39 is 17.4 Å². The molecule has 1 aromatic carbocycles. The SMILES string of the molecule is CCOC(=O)c1cc2n(n1)C[C@](C)(C(=O)NC1CCCCC1)N(c1cc(Cl)ccc1OC)C2=O. The van der Waals surface area contributed by atoms with Gasteiger partial charge in [-0.1, -0.05) is 30.9 Å². The van der Waals surface area contributed by atoms with Gasteiger partial charge in [-0.05, 0) is 44.9 Å². The lowest BCUT2D eigenvalue weighted by Gasteiger charge is -2.44. The molecule has 1 atom stereocenters. The van der Waals surface area contributed by atoms with Gasteiger partial charge < -0.3 is 14.8 Å². The number of anilines is 1. The first kappa shape index (κ1) is 24.1. The number of amides is 2. The van der Waals surface area contributed by atoms with E-state index in [0.29, 0.717) is 16.5 Å². The van der Waals surface area contributed by atoms with Crippen LogP contribution >= 0.6 is 11.6 Å². The van der Waals surface area contributed by atoms with Gasteiger partial charge in [0.15, 0.2) is 5.69 Å². The molecule has 1 aliphatic carbocycles. The fourth-order valence-corrected chi connectivity index (χ4v) is 4.86. The topological polar surface area (TPSA) is 103 Å². The number of carbonyl (C=O) groups is 3. The molecule has 2 aromatic rings. The van der Waals surface area contributed by atoms with Crippen molar-refractivity contribution in [2.75, 3.05) is 18.6 Å². The predicted octanol–water partition coefficient (Wildman–Crippen LogP) is 3.59. The third kappa shape index (κ3) is 4.36. The van der Waals surface area contributed by atoms with Gasteiger partial charge in [0.2, 0.25) is 5.91 Å². The molecule has 9 nitrogen and oxygen atoms in total. The molecule has 2 amide bonds. The highest BCUT2D eigenvalue weighted by Gasteiger charge is 2.50. The first-order chi connectivity index (χ1) is 16.3. The summed E-state index contributed by atoms with van der Waals surface area (Å²) in [5.74, 6) is -1.02. The van der Waals surface area contributed by atoms with Crippen LogP contribution in [0.1, 0.15) is 66.9 Å². The number of methoxy groups -OCH3 is 1. The maximum atomic E-state index is 13.8. The summed E-state index contributed by atoms with van der Waals surface area (Å²) in [6.45, 7) is 3.61. The fourth-order valence-electron chi connectivity index (χ4n) is 4.69. The maximum Gasteiger partial charge on any atom is 0.358 e. The van der Waals surface area contributed by atoms with Crippen molar-refractivity contribution in [1.29, 1.82) is 0 Å². The number of rotatable bonds is 6. The molecule has 2 heterocycles.